The molecule has 29 heavy (non-hydrogen) atoms. The Bertz CT molecular complexity index is 1040. The molecule has 0 aliphatic rings. The van der Waals surface area contributed by atoms with Crippen LogP contribution in [0, 0.1) is 10.1 Å². The first-order chi connectivity index (χ1) is 14.0. The van der Waals surface area contributed by atoms with Crippen LogP contribution < -0.4 is 19.5 Å². The van der Waals surface area contributed by atoms with Gasteiger partial charge in [0, 0.05) is 22.7 Å². The lowest BCUT2D eigenvalue weighted by Crippen LogP contribution is -2.15. The highest BCUT2D eigenvalue weighted by atomic mass is 32.1. The van der Waals surface area contributed by atoms with Crippen molar-refractivity contribution in [3.63, 3.8) is 0 Å². The molecule has 2 aromatic carbocycles. The van der Waals surface area contributed by atoms with Crippen LogP contribution in [0.4, 0.5) is 11.4 Å². The fourth-order valence-corrected chi connectivity index (χ4v) is 3.17. The van der Waals surface area contributed by atoms with E-state index in [1.54, 1.807) is 29.6 Å². The molecule has 150 valence electrons. The molecule has 0 fully saturated rings. The van der Waals surface area contributed by atoms with Crippen LogP contribution in [0.25, 0.3) is 11.3 Å². The molecule has 10 nitrogen and oxygen atoms in total. The van der Waals surface area contributed by atoms with Crippen molar-refractivity contribution in [1.29, 1.82) is 0 Å². The third kappa shape index (κ3) is 3.94. The summed E-state index contributed by atoms with van der Waals surface area (Å²) in [5, 5.41) is 20.1. The van der Waals surface area contributed by atoms with Gasteiger partial charge in [-0.15, -0.1) is 5.10 Å². The molecule has 0 aliphatic carbocycles. The van der Waals surface area contributed by atoms with E-state index in [0.717, 1.165) is 5.56 Å². The molecule has 1 aromatic heterocycles. The number of aromatic nitrogens is 2. The van der Waals surface area contributed by atoms with E-state index in [1.165, 1.54) is 38.9 Å². The summed E-state index contributed by atoms with van der Waals surface area (Å²) in [6.07, 6.45) is 0. The van der Waals surface area contributed by atoms with Gasteiger partial charge in [-0.05, 0) is 23.7 Å². The standard InChI is InChI=1S/C18H16N4O6S/c1-26-14-8-12(15(22(24)25)17(28-3)16(14)27-2)18(23)19-11-6-4-10(5-7-11)13-9-29-21-20-13/h4-9H,1-3H3,(H,19,23). The Morgan fingerprint density at radius 2 is 1.79 bits per heavy atom. The van der Waals surface area contributed by atoms with Gasteiger partial charge in [0.2, 0.25) is 11.5 Å². The molecule has 0 saturated heterocycles. The first-order valence-corrected chi connectivity index (χ1v) is 9.00. The van der Waals surface area contributed by atoms with Crippen LogP contribution in [0.15, 0.2) is 35.7 Å². The number of nitrogens with zero attached hydrogens (tertiary/aromatic N) is 3. The molecule has 1 N–H and O–H groups in total. The second-order valence-electron chi connectivity index (χ2n) is 5.62. The van der Waals surface area contributed by atoms with Crippen molar-refractivity contribution >= 4 is 28.8 Å². The number of ether oxygens (including phenoxy) is 3. The molecule has 0 radical (unpaired) electrons. The molecule has 3 rings (SSSR count). The van der Waals surface area contributed by atoms with Gasteiger partial charge < -0.3 is 19.5 Å². The van der Waals surface area contributed by atoms with Crippen LogP contribution in [-0.2, 0) is 0 Å². The summed E-state index contributed by atoms with van der Waals surface area (Å²) < 4.78 is 19.3. The van der Waals surface area contributed by atoms with Crippen LogP contribution >= 0.6 is 11.5 Å². The van der Waals surface area contributed by atoms with Crippen LogP contribution in [0.5, 0.6) is 17.2 Å². The minimum absolute atomic E-state index is 0.0273. The third-order valence-corrected chi connectivity index (χ3v) is 4.53. The Labute approximate surface area is 169 Å². The number of nitrogens with one attached hydrogen (secondary N) is 1. The van der Waals surface area contributed by atoms with Crippen molar-refractivity contribution in [3.8, 4) is 28.5 Å². The molecule has 0 unspecified atom stereocenters. The summed E-state index contributed by atoms with van der Waals surface area (Å²) in [5.41, 5.74) is 1.25. The van der Waals surface area contributed by atoms with Gasteiger partial charge in [-0.3, -0.25) is 14.9 Å². The molecule has 1 amide bonds. The van der Waals surface area contributed by atoms with Gasteiger partial charge in [0.15, 0.2) is 5.75 Å². The number of nitro groups is 1. The Balaban J connectivity index is 1.97. The number of amides is 1. The number of nitro benzene ring substituents is 1. The Morgan fingerprint density at radius 3 is 2.31 bits per heavy atom. The smallest absolute Gasteiger partial charge is 0.327 e. The second kappa shape index (κ2) is 8.52. The number of carbonyl (C=O) groups is 1. The monoisotopic (exact) mass is 416 g/mol. The number of hydrogen-bond acceptors (Lipinski definition) is 9. The van der Waals surface area contributed by atoms with Crippen molar-refractivity contribution < 1.29 is 23.9 Å². The maximum absolute atomic E-state index is 12.8. The lowest BCUT2D eigenvalue weighted by molar-refractivity contribution is -0.386. The quantitative estimate of drug-likeness (QED) is 0.459. The molecule has 0 aliphatic heterocycles. The summed E-state index contributed by atoms with van der Waals surface area (Å²) >= 11 is 1.23. The summed E-state index contributed by atoms with van der Waals surface area (Å²) in [5.74, 6) is -0.738. The zero-order valence-electron chi connectivity index (χ0n) is 15.7. The number of rotatable bonds is 7. The summed E-state index contributed by atoms with van der Waals surface area (Å²) in [7, 11) is 3.93. The van der Waals surface area contributed by atoms with Gasteiger partial charge in [0.05, 0.1) is 26.3 Å². The molecular weight excluding hydrogens is 400 g/mol. The maximum Gasteiger partial charge on any atom is 0.327 e. The molecule has 0 bridgehead atoms. The van der Waals surface area contributed by atoms with Gasteiger partial charge in [0.1, 0.15) is 11.3 Å². The van der Waals surface area contributed by atoms with Gasteiger partial charge in [-0.2, -0.15) is 0 Å². The molecular formula is C18H16N4O6S. The fourth-order valence-electron chi connectivity index (χ4n) is 2.71. The predicted octanol–water partition coefficient (Wildman–Crippen LogP) is 3.39. The minimum Gasteiger partial charge on any atom is -0.493 e. The first-order valence-electron chi connectivity index (χ1n) is 8.16. The Kier molecular flexibility index (Phi) is 5.88. The molecule has 0 saturated carbocycles. The first kappa shape index (κ1) is 20.0. The maximum atomic E-state index is 12.8. The van der Waals surface area contributed by atoms with E-state index in [2.05, 4.69) is 14.9 Å². The summed E-state index contributed by atoms with van der Waals surface area (Å²) in [6, 6.07) is 8.09. The van der Waals surface area contributed by atoms with Crippen molar-refractivity contribution in [1.82, 2.24) is 9.59 Å². The van der Waals surface area contributed by atoms with Gasteiger partial charge in [-0.25, -0.2) is 0 Å². The molecule has 11 heteroatoms. The molecule has 3 aromatic rings. The topological polar surface area (TPSA) is 126 Å². The van der Waals surface area contributed by atoms with Crippen LogP contribution in [0.3, 0.4) is 0 Å². The zero-order chi connectivity index (χ0) is 21.0. The average Bonchev–Trinajstić information content (AvgIpc) is 3.27. The molecule has 0 spiro atoms. The SMILES string of the molecule is COc1cc(C(=O)Nc2ccc(-c3csnn3)cc2)c([N+](=O)[O-])c(OC)c1OC. The number of hydrogen-bond donors (Lipinski definition) is 1. The van der Waals surface area contributed by atoms with Gasteiger partial charge >= 0.3 is 5.69 Å². The van der Waals surface area contributed by atoms with Crippen molar-refractivity contribution in [3.05, 3.63) is 51.4 Å². The zero-order valence-corrected chi connectivity index (χ0v) is 16.5. The number of methoxy groups -OCH3 is 3. The van der Waals surface area contributed by atoms with E-state index in [4.69, 9.17) is 14.2 Å². The Morgan fingerprint density at radius 1 is 1.10 bits per heavy atom. The van der Waals surface area contributed by atoms with E-state index in [-0.39, 0.29) is 22.8 Å². The molecule has 1 heterocycles. The fraction of sp³-hybridized carbons (Fsp3) is 0.167. The van der Waals surface area contributed by atoms with E-state index in [9.17, 15) is 14.9 Å². The summed E-state index contributed by atoms with van der Waals surface area (Å²) in [6.45, 7) is 0. The summed E-state index contributed by atoms with van der Waals surface area (Å²) in [4.78, 5) is 23.7. The van der Waals surface area contributed by atoms with Crippen molar-refractivity contribution in [2.45, 2.75) is 0 Å². The number of carbonyl (C=O) groups excluding carboxylic acids is 1. The Hall–Kier alpha value is -3.73. The van der Waals surface area contributed by atoms with E-state index >= 15 is 0 Å². The lowest BCUT2D eigenvalue weighted by atomic mass is 10.1. The minimum atomic E-state index is -0.700. The van der Waals surface area contributed by atoms with E-state index in [1.807, 2.05) is 0 Å². The number of anilines is 1. The normalized spacial score (nSPS) is 10.3. The average molecular weight is 416 g/mol. The lowest BCUT2D eigenvalue weighted by Gasteiger charge is -2.15. The largest absolute Gasteiger partial charge is 0.493 e. The van der Waals surface area contributed by atoms with Gasteiger partial charge in [-0.1, -0.05) is 16.6 Å². The van der Waals surface area contributed by atoms with Crippen molar-refractivity contribution in [2.24, 2.45) is 0 Å². The third-order valence-electron chi connectivity index (χ3n) is 4.03. The van der Waals surface area contributed by atoms with Crippen molar-refractivity contribution in [2.75, 3.05) is 26.6 Å². The highest BCUT2D eigenvalue weighted by Crippen LogP contribution is 2.46. The highest BCUT2D eigenvalue weighted by molar-refractivity contribution is 7.03. The van der Waals surface area contributed by atoms with E-state index in [0.29, 0.717) is 11.4 Å². The molecule has 0 atom stereocenters. The second-order valence-corrected chi connectivity index (χ2v) is 6.23. The van der Waals surface area contributed by atoms with Crippen LogP contribution in [0.1, 0.15) is 10.4 Å². The van der Waals surface area contributed by atoms with Gasteiger partial charge in [0.25, 0.3) is 5.91 Å². The van der Waals surface area contributed by atoms with Crippen LogP contribution in [0.2, 0.25) is 0 Å². The number of benzene rings is 2. The van der Waals surface area contributed by atoms with E-state index < -0.39 is 16.5 Å². The van der Waals surface area contributed by atoms with Crippen LogP contribution in [-0.4, -0.2) is 41.7 Å². The highest BCUT2D eigenvalue weighted by Gasteiger charge is 2.32. The predicted molar refractivity (Wildman–Crippen MR) is 106 cm³/mol.